The molecule has 1 aromatic rings. The number of rotatable bonds is 6. The molecular weight excluding hydrogens is 234 g/mol. The standard InChI is InChI=1S/C14H22ClNO/c1-5-7-12-8-11(10-15)9-13(16-12)17-14(3,4)6-2/h8-9H,5-7,10H2,1-4H3. The zero-order chi connectivity index (χ0) is 12.9. The molecular formula is C14H22ClNO. The van der Waals surface area contributed by atoms with Crippen LogP contribution in [0.25, 0.3) is 0 Å². The summed E-state index contributed by atoms with van der Waals surface area (Å²) in [6, 6.07) is 3.99. The first-order chi connectivity index (χ1) is 8.00. The molecule has 0 saturated heterocycles. The van der Waals surface area contributed by atoms with E-state index < -0.39 is 0 Å². The maximum atomic E-state index is 5.91. The van der Waals surface area contributed by atoms with Crippen molar-refractivity contribution in [3.8, 4) is 5.88 Å². The van der Waals surface area contributed by atoms with Gasteiger partial charge < -0.3 is 4.74 Å². The number of hydrogen-bond donors (Lipinski definition) is 0. The Labute approximate surface area is 109 Å². The third-order valence-corrected chi connectivity index (χ3v) is 3.12. The highest BCUT2D eigenvalue weighted by Gasteiger charge is 2.18. The molecule has 0 atom stereocenters. The van der Waals surface area contributed by atoms with Gasteiger partial charge in [0, 0.05) is 17.6 Å². The van der Waals surface area contributed by atoms with Crippen molar-refractivity contribution in [1.29, 1.82) is 0 Å². The summed E-state index contributed by atoms with van der Waals surface area (Å²) in [4.78, 5) is 4.52. The van der Waals surface area contributed by atoms with E-state index in [1.54, 1.807) is 0 Å². The fourth-order valence-corrected chi connectivity index (χ4v) is 1.64. The van der Waals surface area contributed by atoms with E-state index in [4.69, 9.17) is 16.3 Å². The van der Waals surface area contributed by atoms with Crippen molar-refractivity contribution < 1.29 is 4.74 Å². The first-order valence-corrected chi connectivity index (χ1v) is 6.79. The Morgan fingerprint density at radius 2 is 2.00 bits per heavy atom. The lowest BCUT2D eigenvalue weighted by molar-refractivity contribution is 0.0986. The van der Waals surface area contributed by atoms with Crippen molar-refractivity contribution >= 4 is 11.6 Å². The van der Waals surface area contributed by atoms with Crippen LogP contribution in [-0.2, 0) is 12.3 Å². The number of halogens is 1. The molecule has 0 N–H and O–H groups in total. The minimum absolute atomic E-state index is 0.179. The van der Waals surface area contributed by atoms with Gasteiger partial charge in [0.1, 0.15) is 5.60 Å². The Balaban J connectivity index is 2.94. The van der Waals surface area contributed by atoms with E-state index in [9.17, 15) is 0 Å². The summed E-state index contributed by atoms with van der Waals surface area (Å²) in [6.07, 6.45) is 2.99. The molecule has 3 heteroatoms. The SMILES string of the molecule is CCCc1cc(CCl)cc(OC(C)(C)CC)n1. The van der Waals surface area contributed by atoms with Gasteiger partial charge in [0.2, 0.25) is 5.88 Å². The first-order valence-electron chi connectivity index (χ1n) is 6.25. The summed E-state index contributed by atoms with van der Waals surface area (Å²) in [6.45, 7) is 8.40. The number of hydrogen-bond acceptors (Lipinski definition) is 2. The van der Waals surface area contributed by atoms with Crippen LogP contribution < -0.4 is 4.74 Å². The second-order valence-electron chi connectivity index (χ2n) is 4.90. The van der Waals surface area contributed by atoms with Crippen molar-refractivity contribution in [1.82, 2.24) is 4.98 Å². The van der Waals surface area contributed by atoms with Crippen LogP contribution in [0.5, 0.6) is 5.88 Å². The van der Waals surface area contributed by atoms with Crippen LogP contribution in [0.3, 0.4) is 0 Å². The highest BCUT2D eigenvalue weighted by molar-refractivity contribution is 6.17. The third-order valence-electron chi connectivity index (χ3n) is 2.81. The van der Waals surface area contributed by atoms with E-state index in [1.807, 2.05) is 6.07 Å². The molecule has 1 rings (SSSR count). The Hall–Kier alpha value is -0.760. The molecule has 0 amide bonds. The van der Waals surface area contributed by atoms with E-state index in [1.165, 1.54) is 0 Å². The molecule has 0 fully saturated rings. The van der Waals surface area contributed by atoms with Crippen molar-refractivity contribution in [3.63, 3.8) is 0 Å². The van der Waals surface area contributed by atoms with E-state index in [0.29, 0.717) is 11.8 Å². The van der Waals surface area contributed by atoms with Gasteiger partial charge in [-0.15, -0.1) is 11.6 Å². The van der Waals surface area contributed by atoms with E-state index in [0.717, 1.165) is 30.5 Å². The van der Waals surface area contributed by atoms with Gasteiger partial charge >= 0.3 is 0 Å². The number of pyridine rings is 1. The van der Waals surface area contributed by atoms with Crippen LogP contribution in [0.2, 0.25) is 0 Å². The van der Waals surface area contributed by atoms with Gasteiger partial charge in [-0.25, -0.2) is 4.98 Å². The molecule has 0 unspecified atom stereocenters. The van der Waals surface area contributed by atoms with Gasteiger partial charge in [0.25, 0.3) is 0 Å². The summed E-state index contributed by atoms with van der Waals surface area (Å²) in [5.41, 5.74) is 1.96. The van der Waals surface area contributed by atoms with Crippen LogP contribution in [0.15, 0.2) is 12.1 Å². The van der Waals surface area contributed by atoms with Crippen LogP contribution in [-0.4, -0.2) is 10.6 Å². The van der Waals surface area contributed by atoms with Crippen LogP contribution in [0, 0.1) is 0 Å². The van der Waals surface area contributed by atoms with Crippen molar-refractivity contribution in [3.05, 3.63) is 23.4 Å². The van der Waals surface area contributed by atoms with Gasteiger partial charge in [-0.1, -0.05) is 20.3 Å². The van der Waals surface area contributed by atoms with Crippen LogP contribution in [0.1, 0.15) is 51.8 Å². The van der Waals surface area contributed by atoms with Crippen molar-refractivity contribution in [2.45, 2.75) is 58.4 Å². The lowest BCUT2D eigenvalue weighted by Crippen LogP contribution is -2.27. The topological polar surface area (TPSA) is 22.1 Å². The monoisotopic (exact) mass is 255 g/mol. The normalized spacial score (nSPS) is 11.6. The van der Waals surface area contributed by atoms with E-state index in [2.05, 4.69) is 38.7 Å². The van der Waals surface area contributed by atoms with Gasteiger partial charge in [0.05, 0.1) is 0 Å². The second kappa shape index (κ2) is 6.25. The van der Waals surface area contributed by atoms with E-state index in [-0.39, 0.29) is 5.60 Å². The summed E-state index contributed by atoms with van der Waals surface area (Å²) < 4.78 is 5.91. The average Bonchev–Trinajstić information content (AvgIpc) is 2.28. The summed E-state index contributed by atoms with van der Waals surface area (Å²) in [5, 5.41) is 0. The van der Waals surface area contributed by atoms with E-state index >= 15 is 0 Å². The summed E-state index contributed by atoms with van der Waals surface area (Å²) in [5.74, 6) is 1.20. The molecule has 2 nitrogen and oxygen atoms in total. The Bertz CT molecular complexity index is 363. The van der Waals surface area contributed by atoms with Crippen LogP contribution >= 0.6 is 11.6 Å². The number of aryl methyl sites for hydroxylation is 1. The Kier molecular flexibility index (Phi) is 5.26. The predicted molar refractivity (Wildman–Crippen MR) is 72.8 cm³/mol. The maximum absolute atomic E-state index is 5.91. The first kappa shape index (κ1) is 14.3. The minimum Gasteiger partial charge on any atom is -0.472 e. The van der Waals surface area contributed by atoms with Gasteiger partial charge in [-0.2, -0.15) is 0 Å². The molecule has 17 heavy (non-hydrogen) atoms. The molecule has 0 aliphatic rings. The maximum Gasteiger partial charge on any atom is 0.214 e. The minimum atomic E-state index is -0.179. The molecule has 0 spiro atoms. The number of ether oxygens (including phenoxy) is 1. The summed E-state index contributed by atoms with van der Waals surface area (Å²) in [7, 11) is 0. The van der Waals surface area contributed by atoms with Gasteiger partial charge in [0.15, 0.2) is 0 Å². The molecule has 0 aliphatic carbocycles. The van der Waals surface area contributed by atoms with Gasteiger partial charge in [-0.05, 0) is 38.3 Å². The molecule has 0 radical (unpaired) electrons. The highest BCUT2D eigenvalue weighted by atomic mass is 35.5. The fraction of sp³-hybridized carbons (Fsp3) is 0.643. The smallest absolute Gasteiger partial charge is 0.214 e. The lowest BCUT2D eigenvalue weighted by atomic mass is 10.1. The van der Waals surface area contributed by atoms with Gasteiger partial charge in [-0.3, -0.25) is 0 Å². The predicted octanol–water partition coefficient (Wildman–Crippen LogP) is 4.34. The van der Waals surface area contributed by atoms with Crippen molar-refractivity contribution in [2.75, 3.05) is 0 Å². The zero-order valence-electron chi connectivity index (χ0n) is 11.2. The number of alkyl halides is 1. The molecule has 0 saturated carbocycles. The average molecular weight is 256 g/mol. The van der Waals surface area contributed by atoms with Crippen LogP contribution in [0.4, 0.5) is 0 Å². The molecule has 0 bridgehead atoms. The third kappa shape index (κ3) is 4.55. The molecule has 0 aromatic carbocycles. The zero-order valence-corrected chi connectivity index (χ0v) is 12.0. The summed E-state index contributed by atoms with van der Waals surface area (Å²) >= 11 is 5.89. The fourth-order valence-electron chi connectivity index (χ4n) is 1.49. The lowest BCUT2D eigenvalue weighted by Gasteiger charge is -2.24. The molecule has 1 heterocycles. The highest BCUT2D eigenvalue weighted by Crippen LogP contribution is 2.22. The Morgan fingerprint density at radius 1 is 1.29 bits per heavy atom. The quantitative estimate of drug-likeness (QED) is 0.706. The Morgan fingerprint density at radius 3 is 2.53 bits per heavy atom. The number of aromatic nitrogens is 1. The molecule has 0 aliphatic heterocycles. The molecule has 96 valence electrons. The molecule has 1 aromatic heterocycles. The second-order valence-corrected chi connectivity index (χ2v) is 5.17. The largest absolute Gasteiger partial charge is 0.472 e. The number of nitrogens with zero attached hydrogens (tertiary/aromatic N) is 1. The van der Waals surface area contributed by atoms with Crippen molar-refractivity contribution in [2.24, 2.45) is 0 Å².